The van der Waals surface area contributed by atoms with Crippen LogP contribution in [-0.4, -0.2) is 21.1 Å². The lowest BCUT2D eigenvalue weighted by Crippen LogP contribution is -2.12. The fourth-order valence-corrected chi connectivity index (χ4v) is 2.40. The Hall–Kier alpha value is -2.34. The number of fused-ring (bicyclic) bond motifs is 1. The highest BCUT2D eigenvalue weighted by Gasteiger charge is 2.12. The van der Waals surface area contributed by atoms with E-state index < -0.39 is 0 Å². The normalized spacial score (nSPS) is 10.6. The lowest BCUT2D eigenvalue weighted by Gasteiger charge is -2.04. The minimum Gasteiger partial charge on any atom is -0.296 e. The molecule has 2 heterocycles. The van der Waals surface area contributed by atoms with Gasteiger partial charge in [-0.05, 0) is 25.1 Å². The summed E-state index contributed by atoms with van der Waals surface area (Å²) in [6.07, 6.45) is 1.71. The van der Waals surface area contributed by atoms with Crippen LogP contribution in [0.15, 0.2) is 36.5 Å². The van der Waals surface area contributed by atoms with E-state index >= 15 is 0 Å². The zero-order chi connectivity index (χ0) is 13.2. The topological polar surface area (TPSA) is 67.8 Å². The van der Waals surface area contributed by atoms with Crippen molar-refractivity contribution in [3.63, 3.8) is 0 Å². The van der Waals surface area contributed by atoms with E-state index in [2.05, 4.69) is 20.5 Å². The van der Waals surface area contributed by atoms with Gasteiger partial charge in [-0.3, -0.25) is 15.1 Å². The van der Waals surface area contributed by atoms with Crippen LogP contribution < -0.4 is 5.32 Å². The van der Waals surface area contributed by atoms with E-state index in [-0.39, 0.29) is 5.91 Å². The zero-order valence-electron chi connectivity index (χ0n) is 10.1. The van der Waals surface area contributed by atoms with Gasteiger partial charge in [0.2, 0.25) is 5.13 Å². The second kappa shape index (κ2) is 4.74. The summed E-state index contributed by atoms with van der Waals surface area (Å²) in [4.78, 5) is 16.5. The van der Waals surface area contributed by atoms with Gasteiger partial charge in [0, 0.05) is 17.1 Å². The van der Waals surface area contributed by atoms with Crippen molar-refractivity contribution in [1.29, 1.82) is 0 Å². The largest absolute Gasteiger partial charge is 0.296 e. The van der Waals surface area contributed by atoms with Crippen molar-refractivity contribution in [2.45, 2.75) is 6.92 Å². The van der Waals surface area contributed by atoms with Crippen LogP contribution in [-0.2, 0) is 0 Å². The molecule has 94 valence electrons. The van der Waals surface area contributed by atoms with Crippen LogP contribution in [0.2, 0.25) is 0 Å². The third kappa shape index (κ3) is 2.30. The summed E-state index contributed by atoms with van der Waals surface area (Å²) in [6.45, 7) is 1.84. The number of amides is 1. The molecular weight excluding hydrogens is 260 g/mol. The molecule has 0 aliphatic heterocycles. The average molecular weight is 270 g/mol. The molecule has 5 nitrogen and oxygen atoms in total. The number of aromatic nitrogens is 3. The number of benzene rings is 1. The Morgan fingerprint density at radius 3 is 2.89 bits per heavy atom. The maximum Gasteiger partial charge on any atom is 0.258 e. The SMILES string of the molecule is Cc1nnc(NC(=O)c2cccc3ncccc23)s1. The summed E-state index contributed by atoms with van der Waals surface area (Å²) in [7, 11) is 0. The van der Waals surface area contributed by atoms with Crippen LogP contribution in [0.25, 0.3) is 10.9 Å². The lowest BCUT2D eigenvalue weighted by atomic mass is 10.1. The number of carbonyl (C=O) groups excluding carboxylic acids is 1. The molecule has 1 N–H and O–H groups in total. The Labute approximate surface area is 113 Å². The Morgan fingerprint density at radius 2 is 2.11 bits per heavy atom. The first-order valence-corrected chi connectivity index (χ1v) is 6.51. The average Bonchev–Trinajstić information content (AvgIpc) is 2.83. The van der Waals surface area contributed by atoms with Gasteiger partial charge in [0.25, 0.3) is 5.91 Å². The van der Waals surface area contributed by atoms with Gasteiger partial charge in [0.1, 0.15) is 5.01 Å². The quantitative estimate of drug-likeness (QED) is 0.777. The predicted molar refractivity (Wildman–Crippen MR) is 74.3 cm³/mol. The van der Waals surface area contributed by atoms with Crippen molar-refractivity contribution in [2.24, 2.45) is 0 Å². The summed E-state index contributed by atoms with van der Waals surface area (Å²) in [5.41, 5.74) is 1.38. The van der Waals surface area contributed by atoms with E-state index in [9.17, 15) is 4.79 Å². The molecule has 0 fully saturated rings. The molecule has 3 rings (SSSR count). The highest BCUT2D eigenvalue weighted by Crippen LogP contribution is 2.19. The van der Waals surface area contributed by atoms with Crippen LogP contribution in [0.4, 0.5) is 5.13 Å². The first-order chi connectivity index (χ1) is 9.24. The van der Waals surface area contributed by atoms with E-state index in [1.54, 1.807) is 12.3 Å². The van der Waals surface area contributed by atoms with E-state index in [1.807, 2.05) is 31.2 Å². The highest BCUT2D eigenvalue weighted by molar-refractivity contribution is 7.15. The van der Waals surface area contributed by atoms with E-state index in [0.29, 0.717) is 10.7 Å². The predicted octanol–water partition coefficient (Wildman–Crippen LogP) is 2.65. The molecule has 2 aromatic heterocycles. The van der Waals surface area contributed by atoms with Gasteiger partial charge >= 0.3 is 0 Å². The monoisotopic (exact) mass is 270 g/mol. The van der Waals surface area contributed by atoms with Gasteiger partial charge in [-0.2, -0.15) is 0 Å². The maximum atomic E-state index is 12.2. The van der Waals surface area contributed by atoms with Crippen molar-refractivity contribution < 1.29 is 4.79 Å². The van der Waals surface area contributed by atoms with E-state index in [0.717, 1.165) is 15.9 Å². The molecule has 19 heavy (non-hydrogen) atoms. The summed E-state index contributed by atoms with van der Waals surface area (Å²) < 4.78 is 0. The van der Waals surface area contributed by atoms with Gasteiger partial charge in [-0.15, -0.1) is 10.2 Å². The summed E-state index contributed by atoms with van der Waals surface area (Å²) in [5, 5.41) is 12.6. The summed E-state index contributed by atoms with van der Waals surface area (Å²) in [6, 6.07) is 9.15. The van der Waals surface area contributed by atoms with Crippen molar-refractivity contribution in [1.82, 2.24) is 15.2 Å². The van der Waals surface area contributed by atoms with Gasteiger partial charge < -0.3 is 0 Å². The number of anilines is 1. The molecular formula is C13H10N4OS. The number of carbonyl (C=O) groups is 1. The fourth-order valence-electron chi connectivity index (χ4n) is 1.81. The minimum absolute atomic E-state index is 0.199. The van der Waals surface area contributed by atoms with Crippen LogP contribution >= 0.6 is 11.3 Å². The van der Waals surface area contributed by atoms with Crippen molar-refractivity contribution in [3.8, 4) is 0 Å². The number of hydrogen-bond acceptors (Lipinski definition) is 5. The molecule has 1 aromatic carbocycles. The molecule has 0 aliphatic carbocycles. The third-order valence-corrected chi connectivity index (χ3v) is 3.39. The van der Waals surface area contributed by atoms with Gasteiger partial charge in [-0.1, -0.05) is 23.5 Å². The number of aryl methyl sites for hydroxylation is 1. The van der Waals surface area contributed by atoms with Crippen LogP contribution in [0.5, 0.6) is 0 Å². The third-order valence-electron chi connectivity index (χ3n) is 2.64. The summed E-state index contributed by atoms with van der Waals surface area (Å²) >= 11 is 1.35. The Bertz CT molecular complexity index is 748. The molecule has 0 spiro atoms. The first-order valence-electron chi connectivity index (χ1n) is 5.69. The molecule has 0 radical (unpaired) electrons. The number of nitrogens with zero attached hydrogens (tertiary/aromatic N) is 3. The fraction of sp³-hybridized carbons (Fsp3) is 0.0769. The molecule has 3 aromatic rings. The molecule has 1 amide bonds. The van der Waals surface area contributed by atoms with Crippen molar-refractivity contribution in [3.05, 3.63) is 47.1 Å². The molecule has 0 saturated heterocycles. The number of hydrogen-bond donors (Lipinski definition) is 1. The number of pyridine rings is 1. The standard InChI is InChI=1S/C13H10N4OS/c1-8-16-17-13(19-8)15-12(18)10-4-2-6-11-9(10)5-3-7-14-11/h2-7H,1H3,(H,15,17,18). The minimum atomic E-state index is -0.199. The lowest BCUT2D eigenvalue weighted by molar-refractivity contribution is 0.102. The van der Waals surface area contributed by atoms with Gasteiger partial charge in [-0.25, -0.2) is 0 Å². The van der Waals surface area contributed by atoms with Crippen molar-refractivity contribution >= 4 is 33.3 Å². The van der Waals surface area contributed by atoms with E-state index in [4.69, 9.17) is 0 Å². The number of rotatable bonds is 2. The molecule has 0 saturated carbocycles. The smallest absolute Gasteiger partial charge is 0.258 e. The molecule has 0 atom stereocenters. The zero-order valence-corrected chi connectivity index (χ0v) is 10.9. The van der Waals surface area contributed by atoms with Gasteiger partial charge in [0.05, 0.1) is 5.52 Å². The maximum absolute atomic E-state index is 12.2. The highest BCUT2D eigenvalue weighted by atomic mass is 32.1. The van der Waals surface area contributed by atoms with Crippen LogP contribution in [0, 0.1) is 6.92 Å². The molecule has 0 unspecified atom stereocenters. The second-order valence-corrected chi connectivity index (χ2v) is 5.14. The molecule has 0 bridgehead atoms. The summed E-state index contributed by atoms with van der Waals surface area (Å²) in [5.74, 6) is -0.199. The second-order valence-electron chi connectivity index (χ2n) is 3.96. The van der Waals surface area contributed by atoms with Crippen LogP contribution in [0.1, 0.15) is 15.4 Å². The number of nitrogens with one attached hydrogen (secondary N) is 1. The Balaban J connectivity index is 1.97. The Kier molecular flexibility index (Phi) is 2.92. The van der Waals surface area contributed by atoms with Gasteiger partial charge in [0.15, 0.2) is 0 Å². The molecule has 0 aliphatic rings. The van der Waals surface area contributed by atoms with Crippen LogP contribution in [0.3, 0.4) is 0 Å². The Morgan fingerprint density at radius 1 is 1.21 bits per heavy atom. The van der Waals surface area contributed by atoms with E-state index in [1.165, 1.54) is 11.3 Å². The molecule has 6 heteroatoms. The first kappa shape index (κ1) is 11.7. The van der Waals surface area contributed by atoms with Crippen molar-refractivity contribution in [2.75, 3.05) is 5.32 Å².